The van der Waals surface area contributed by atoms with Crippen molar-refractivity contribution in [2.24, 2.45) is 5.92 Å². The number of nitriles is 1. The molecule has 0 aromatic rings. The number of sulfonamides is 1. The highest BCUT2D eigenvalue weighted by atomic mass is 32.2. The first-order chi connectivity index (χ1) is 6.51. The van der Waals surface area contributed by atoms with Crippen LogP contribution in [0.2, 0.25) is 0 Å². The van der Waals surface area contributed by atoms with E-state index in [-0.39, 0.29) is 11.7 Å². The van der Waals surface area contributed by atoms with Gasteiger partial charge in [0.25, 0.3) is 0 Å². The highest BCUT2D eigenvalue weighted by molar-refractivity contribution is 7.89. The van der Waals surface area contributed by atoms with Crippen LogP contribution < -0.4 is 0 Å². The monoisotopic (exact) mass is 216 g/mol. The number of hydrogen-bond donors (Lipinski definition) is 0. The summed E-state index contributed by atoms with van der Waals surface area (Å²) in [4.78, 5) is 0. The fourth-order valence-corrected chi connectivity index (χ4v) is 3.83. The maximum atomic E-state index is 11.6. The summed E-state index contributed by atoms with van der Waals surface area (Å²) in [5.41, 5.74) is 0. The van der Waals surface area contributed by atoms with Gasteiger partial charge in [-0.2, -0.15) is 9.57 Å². The molecule has 0 N–H and O–H groups in total. The quantitative estimate of drug-likeness (QED) is 0.706. The molecule has 1 aliphatic heterocycles. The molecule has 0 aromatic heterocycles. The number of hydrogen-bond acceptors (Lipinski definition) is 3. The predicted octanol–water partition coefficient (Wildman–Crippen LogP) is 0.960. The first kappa shape index (κ1) is 11.5. The third-order valence-electron chi connectivity index (χ3n) is 2.40. The van der Waals surface area contributed by atoms with Gasteiger partial charge in [-0.15, -0.1) is 0 Å². The Balaban J connectivity index is 2.82. The molecule has 1 aliphatic rings. The van der Waals surface area contributed by atoms with E-state index in [0.717, 1.165) is 6.42 Å². The SMILES string of the molecule is CCCC(C#N)N1CC(C)CS1(=O)=O. The Labute approximate surface area is 85.6 Å². The molecular weight excluding hydrogens is 200 g/mol. The van der Waals surface area contributed by atoms with Crippen molar-refractivity contribution >= 4 is 10.0 Å². The summed E-state index contributed by atoms with van der Waals surface area (Å²) in [5.74, 6) is 0.335. The minimum Gasteiger partial charge on any atom is -0.212 e. The van der Waals surface area contributed by atoms with Gasteiger partial charge in [-0.05, 0) is 12.3 Å². The van der Waals surface area contributed by atoms with Crippen LogP contribution in [0.3, 0.4) is 0 Å². The van der Waals surface area contributed by atoms with Gasteiger partial charge in [0.05, 0.1) is 11.8 Å². The van der Waals surface area contributed by atoms with Crippen LogP contribution in [0.5, 0.6) is 0 Å². The zero-order valence-corrected chi connectivity index (χ0v) is 9.42. The van der Waals surface area contributed by atoms with E-state index in [1.807, 2.05) is 13.8 Å². The molecule has 0 aromatic carbocycles. The average molecular weight is 216 g/mol. The lowest BCUT2D eigenvalue weighted by molar-refractivity contribution is 0.353. The molecule has 0 saturated carbocycles. The van der Waals surface area contributed by atoms with Crippen LogP contribution in [-0.2, 0) is 10.0 Å². The van der Waals surface area contributed by atoms with Crippen LogP contribution in [0.25, 0.3) is 0 Å². The summed E-state index contributed by atoms with van der Waals surface area (Å²) < 4.78 is 24.6. The predicted molar refractivity (Wildman–Crippen MR) is 54.0 cm³/mol. The van der Waals surface area contributed by atoms with E-state index in [2.05, 4.69) is 6.07 Å². The van der Waals surface area contributed by atoms with E-state index in [4.69, 9.17) is 5.26 Å². The molecule has 0 amide bonds. The first-order valence-electron chi connectivity index (χ1n) is 4.90. The van der Waals surface area contributed by atoms with E-state index in [1.165, 1.54) is 4.31 Å². The van der Waals surface area contributed by atoms with E-state index in [9.17, 15) is 8.42 Å². The normalized spacial score (nSPS) is 28.5. The maximum Gasteiger partial charge on any atom is 0.215 e. The van der Waals surface area contributed by atoms with Crippen LogP contribution in [0.4, 0.5) is 0 Å². The third-order valence-corrected chi connectivity index (χ3v) is 4.51. The topological polar surface area (TPSA) is 61.2 Å². The molecular formula is C9H16N2O2S. The lowest BCUT2D eigenvalue weighted by Crippen LogP contribution is -2.35. The zero-order valence-electron chi connectivity index (χ0n) is 8.60. The van der Waals surface area contributed by atoms with Gasteiger partial charge in [-0.25, -0.2) is 8.42 Å². The van der Waals surface area contributed by atoms with Crippen molar-refractivity contribution in [2.75, 3.05) is 12.3 Å². The van der Waals surface area contributed by atoms with Crippen LogP contribution in [0.1, 0.15) is 26.7 Å². The summed E-state index contributed by atoms with van der Waals surface area (Å²) in [6.45, 7) is 4.36. The minimum absolute atomic E-state index is 0.146. The summed E-state index contributed by atoms with van der Waals surface area (Å²) >= 11 is 0. The van der Waals surface area contributed by atoms with Crippen molar-refractivity contribution in [1.82, 2.24) is 4.31 Å². The van der Waals surface area contributed by atoms with E-state index >= 15 is 0 Å². The van der Waals surface area contributed by atoms with E-state index < -0.39 is 16.1 Å². The molecule has 14 heavy (non-hydrogen) atoms. The van der Waals surface area contributed by atoms with Gasteiger partial charge in [0, 0.05) is 6.54 Å². The number of nitrogens with zero attached hydrogens (tertiary/aromatic N) is 2. The Morgan fingerprint density at radius 3 is 2.64 bits per heavy atom. The van der Waals surface area contributed by atoms with Crippen LogP contribution in [-0.4, -0.2) is 31.1 Å². The Morgan fingerprint density at radius 2 is 2.29 bits per heavy atom. The standard InChI is InChI=1S/C9H16N2O2S/c1-3-4-9(5-10)11-6-8(2)7-14(11,12)13/h8-9H,3-4,6-7H2,1-2H3. The van der Waals surface area contributed by atoms with Crippen LogP contribution in [0.15, 0.2) is 0 Å². The fourth-order valence-electron chi connectivity index (χ4n) is 1.80. The van der Waals surface area contributed by atoms with Gasteiger partial charge in [-0.1, -0.05) is 20.3 Å². The number of rotatable bonds is 3. The Morgan fingerprint density at radius 1 is 1.64 bits per heavy atom. The van der Waals surface area contributed by atoms with Crippen LogP contribution in [0, 0.1) is 17.2 Å². The summed E-state index contributed by atoms with van der Waals surface area (Å²) in [5, 5.41) is 8.88. The van der Waals surface area contributed by atoms with Gasteiger partial charge in [0.1, 0.15) is 6.04 Å². The Bertz CT molecular complexity index is 331. The van der Waals surface area contributed by atoms with Gasteiger partial charge < -0.3 is 0 Å². The molecule has 0 spiro atoms. The van der Waals surface area contributed by atoms with Crippen molar-refractivity contribution in [2.45, 2.75) is 32.7 Å². The summed E-state index contributed by atoms with van der Waals surface area (Å²) in [6.07, 6.45) is 1.46. The largest absolute Gasteiger partial charge is 0.215 e. The van der Waals surface area contributed by atoms with Crippen molar-refractivity contribution in [1.29, 1.82) is 5.26 Å². The van der Waals surface area contributed by atoms with Crippen LogP contribution >= 0.6 is 0 Å². The molecule has 0 bridgehead atoms. The molecule has 80 valence electrons. The van der Waals surface area contributed by atoms with Crippen molar-refractivity contribution < 1.29 is 8.42 Å². The highest BCUT2D eigenvalue weighted by Gasteiger charge is 2.37. The van der Waals surface area contributed by atoms with Gasteiger partial charge in [0.15, 0.2) is 0 Å². The smallest absolute Gasteiger partial charge is 0.212 e. The maximum absolute atomic E-state index is 11.6. The van der Waals surface area contributed by atoms with Crippen molar-refractivity contribution in [3.63, 3.8) is 0 Å². The van der Waals surface area contributed by atoms with E-state index in [1.54, 1.807) is 0 Å². The third kappa shape index (κ3) is 2.25. The summed E-state index contributed by atoms with van der Waals surface area (Å²) in [7, 11) is -3.16. The molecule has 1 rings (SSSR count). The fraction of sp³-hybridized carbons (Fsp3) is 0.889. The molecule has 1 saturated heterocycles. The zero-order chi connectivity index (χ0) is 10.8. The highest BCUT2D eigenvalue weighted by Crippen LogP contribution is 2.23. The second kappa shape index (κ2) is 4.28. The Kier molecular flexibility index (Phi) is 3.51. The minimum atomic E-state index is -3.16. The second-order valence-corrected chi connectivity index (χ2v) is 5.85. The molecule has 1 heterocycles. The van der Waals surface area contributed by atoms with Crippen molar-refractivity contribution in [3.05, 3.63) is 0 Å². The Hall–Kier alpha value is -0.600. The van der Waals surface area contributed by atoms with Gasteiger partial charge >= 0.3 is 0 Å². The summed E-state index contributed by atoms with van der Waals surface area (Å²) in [6, 6.07) is 1.60. The van der Waals surface area contributed by atoms with Crippen molar-refractivity contribution in [3.8, 4) is 6.07 Å². The molecule has 0 aliphatic carbocycles. The lowest BCUT2D eigenvalue weighted by Gasteiger charge is -2.19. The molecule has 5 heteroatoms. The molecule has 0 radical (unpaired) electrons. The van der Waals surface area contributed by atoms with Gasteiger partial charge in [0.2, 0.25) is 10.0 Å². The molecule has 1 fully saturated rings. The lowest BCUT2D eigenvalue weighted by atomic mass is 10.1. The molecule has 2 unspecified atom stereocenters. The van der Waals surface area contributed by atoms with E-state index in [0.29, 0.717) is 13.0 Å². The molecule has 2 atom stereocenters. The first-order valence-corrected chi connectivity index (χ1v) is 6.51. The van der Waals surface area contributed by atoms with Gasteiger partial charge in [-0.3, -0.25) is 0 Å². The molecule has 4 nitrogen and oxygen atoms in total. The average Bonchev–Trinajstić information content (AvgIpc) is 2.35. The second-order valence-electron chi connectivity index (χ2n) is 3.89.